The molecule has 0 aromatic heterocycles. The van der Waals surface area contributed by atoms with Crippen molar-refractivity contribution in [1.82, 2.24) is 10.2 Å². The topological polar surface area (TPSA) is 84.9 Å². The number of carbonyl (C=O) groups excluding carboxylic acids is 1. The number of morpholine rings is 1. The molecule has 8 heteroatoms. The van der Waals surface area contributed by atoms with Crippen LogP contribution in [0.15, 0.2) is 24.3 Å². The van der Waals surface area contributed by atoms with E-state index in [0.717, 1.165) is 57.0 Å². The number of hydrogen-bond donors (Lipinski definition) is 1. The van der Waals surface area contributed by atoms with Gasteiger partial charge in [-0.25, -0.2) is 8.42 Å². The summed E-state index contributed by atoms with van der Waals surface area (Å²) in [6.45, 7) is 7.12. The Bertz CT molecular complexity index is 702. The zero-order chi connectivity index (χ0) is 20.2. The first-order valence-corrected chi connectivity index (χ1v) is 11.8. The van der Waals surface area contributed by atoms with Gasteiger partial charge in [0, 0.05) is 26.2 Å². The molecule has 0 spiro atoms. The van der Waals surface area contributed by atoms with Crippen LogP contribution in [0.3, 0.4) is 0 Å². The van der Waals surface area contributed by atoms with Crippen LogP contribution in [-0.4, -0.2) is 70.2 Å². The molecule has 0 unspecified atom stereocenters. The highest BCUT2D eigenvalue weighted by atomic mass is 32.2. The van der Waals surface area contributed by atoms with Crippen LogP contribution in [0.1, 0.15) is 31.7 Å². The van der Waals surface area contributed by atoms with Crippen molar-refractivity contribution in [2.24, 2.45) is 0 Å². The van der Waals surface area contributed by atoms with E-state index < -0.39 is 21.5 Å². The fourth-order valence-corrected chi connectivity index (χ4v) is 4.25. The van der Waals surface area contributed by atoms with Crippen molar-refractivity contribution in [1.29, 1.82) is 0 Å². The Morgan fingerprint density at radius 3 is 2.79 bits per heavy atom. The van der Waals surface area contributed by atoms with E-state index in [2.05, 4.69) is 10.2 Å². The lowest BCUT2D eigenvalue weighted by Crippen LogP contribution is -2.38. The summed E-state index contributed by atoms with van der Waals surface area (Å²) in [6.07, 6.45) is 2.42. The summed E-state index contributed by atoms with van der Waals surface area (Å²) in [6, 6.07) is 7.50. The van der Waals surface area contributed by atoms with E-state index in [-0.39, 0.29) is 12.3 Å². The average Bonchev–Trinajstić information content (AvgIpc) is 2.67. The number of amides is 1. The number of nitrogens with one attached hydrogen (secondary N) is 1. The predicted octanol–water partition coefficient (Wildman–Crippen LogP) is 1.62. The largest absolute Gasteiger partial charge is 0.492 e. The molecule has 1 N–H and O–H groups in total. The summed E-state index contributed by atoms with van der Waals surface area (Å²) >= 11 is 0. The van der Waals surface area contributed by atoms with E-state index in [4.69, 9.17) is 9.47 Å². The third-order valence-corrected chi connectivity index (χ3v) is 6.19. The van der Waals surface area contributed by atoms with Gasteiger partial charge in [0.15, 0.2) is 9.84 Å². The van der Waals surface area contributed by atoms with Gasteiger partial charge in [-0.15, -0.1) is 0 Å². The van der Waals surface area contributed by atoms with Crippen molar-refractivity contribution in [3.8, 4) is 5.75 Å². The van der Waals surface area contributed by atoms with Gasteiger partial charge in [0.2, 0.25) is 5.91 Å². The van der Waals surface area contributed by atoms with E-state index in [9.17, 15) is 13.2 Å². The van der Waals surface area contributed by atoms with Crippen LogP contribution < -0.4 is 10.1 Å². The monoisotopic (exact) mass is 412 g/mol. The Labute approximate surface area is 168 Å². The Morgan fingerprint density at radius 2 is 2.04 bits per heavy atom. The van der Waals surface area contributed by atoms with Gasteiger partial charge >= 0.3 is 0 Å². The first-order chi connectivity index (χ1) is 13.5. The maximum Gasteiger partial charge on any atom is 0.235 e. The van der Waals surface area contributed by atoms with Crippen molar-refractivity contribution in [2.75, 3.05) is 51.0 Å². The molecular weight excluding hydrogens is 380 g/mol. The van der Waals surface area contributed by atoms with Gasteiger partial charge in [-0.05, 0) is 24.1 Å². The second-order valence-electron chi connectivity index (χ2n) is 7.03. The van der Waals surface area contributed by atoms with Crippen molar-refractivity contribution in [3.05, 3.63) is 29.8 Å². The number of carbonyl (C=O) groups is 1. The van der Waals surface area contributed by atoms with Crippen LogP contribution >= 0.6 is 0 Å². The van der Waals surface area contributed by atoms with Crippen LogP contribution in [0.2, 0.25) is 0 Å². The normalized spacial score (nSPS) is 15.3. The number of ether oxygens (including phenoxy) is 2. The summed E-state index contributed by atoms with van der Waals surface area (Å²) in [5.41, 5.74) is 0.876. The molecule has 1 heterocycles. The summed E-state index contributed by atoms with van der Waals surface area (Å²) in [7, 11) is -3.34. The molecular formula is C20H32N2O5S. The number of hydrogen-bond acceptors (Lipinski definition) is 6. The molecule has 0 bridgehead atoms. The number of sulfone groups is 1. The summed E-state index contributed by atoms with van der Waals surface area (Å²) in [4.78, 5) is 14.3. The minimum absolute atomic E-state index is 0.0702. The minimum Gasteiger partial charge on any atom is -0.492 e. The highest BCUT2D eigenvalue weighted by molar-refractivity contribution is 7.92. The third-order valence-electron chi connectivity index (χ3n) is 4.58. The molecule has 0 radical (unpaired) electrons. The van der Waals surface area contributed by atoms with Crippen LogP contribution in [0.25, 0.3) is 0 Å². The predicted molar refractivity (Wildman–Crippen MR) is 109 cm³/mol. The summed E-state index contributed by atoms with van der Waals surface area (Å²) in [5.74, 6) is -0.102. The molecule has 1 saturated heterocycles. The van der Waals surface area contributed by atoms with Crippen molar-refractivity contribution in [3.63, 3.8) is 0 Å². The maximum absolute atomic E-state index is 12.0. The lowest BCUT2D eigenvalue weighted by molar-refractivity contribution is -0.118. The first-order valence-electron chi connectivity index (χ1n) is 9.97. The summed E-state index contributed by atoms with van der Waals surface area (Å²) in [5, 5.41) is 2.68. The number of nitrogens with zero attached hydrogens (tertiary/aromatic N) is 1. The minimum atomic E-state index is -3.34. The van der Waals surface area contributed by atoms with Gasteiger partial charge in [-0.2, -0.15) is 0 Å². The Hall–Kier alpha value is -1.64. The maximum atomic E-state index is 12.0. The van der Waals surface area contributed by atoms with E-state index in [1.165, 1.54) is 0 Å². The van der Waals surface area contributed by atoms with Gasteiger partial charge < -0.3 is 14.8 Å². The van der Waals surface area contributed by atoms with Crippen molar-refractivity contribution in [2.45, 2.75) is 32.7 Å². The molecule has 0 aliphatic carbocycles. The lowest BCUT2D eigenvalue weighted by Gasteiger charge is -2.26. The zero-order valence-electron chi connectivity index (χ0n) is 16.7. The number of rotatable bonds is 12. The molecule has 7 nitrogen and oxygen atoms in total. The number of unbranched alkanes of at least 4 members (excludes halogenated alkanes) is 2. The van der Waals surface area contributed by atoms with Crippen molar-refractivity contribution < 1.29 is 22.7 Å². The molecule has 0 saturated carbocycles. The fourth-order valence-electron chi connectivity index (χ4n) is 2.96. The SMILES string of the molecule is CCCCCS(=O)(=O)CC(=O)NCc1cccc(OCCN2CCOCC2)c1. The second kappa shape index (κ2) is 12.0. The van der Waals surface area contributed by atoms with Crippen LogP contribution in [0, 0.1) is 0 Å². The van der Waals surface area contributed by atoms with E-state index in [0.29, 0.717) is 13.0 Å². The Morgan fingerprint density at radius 1 is 1.25 bits per heavy atom. The molecule has 1 aliphatic heterocycles. The zero-order valence-corrected chi connectivity index (χ0v) is 17.5. The fraction of sp³-hybridized carbons (Fsp3) is 0.650. The van der Waals surface area contributed by atoms with E-state index >= 15 is 0 Å². The molecule has 158 valence electrons. The van der Waals surface area contributed by atoms with Gasteiger partial charge in [0.1, 0.15) is 18.1 Å². The molecule has 1 aromatic carbocycles. The Balaban J connectivity index is 1.71. The molecule has 1 fully saturated rings. The number of benzene rings is 1. The highest BCUT2D eigenvalue weighted by Gasteiger charge is 2.16. The molecule has 28 heavy (non-hydrogen) atoms. The lowest BCUT2D eigenvalue weighted by atomic mass is 10.2. The standard InChI is InChI=1S/C20H32N2O5S/c1-2-3-4-14-28(24,25)17-20(23)21-16-18-6-5-7-19(15-18)27-13-10-22-8-11-26-12-9-22/h5-7,15H,2-4,8-14,16-17H2,1H3,(H,21,23). The van der Waals surface area contributed by atoms with Gasteiger partial charge in [-0.3, -0.25) is 9.69 Å². The second-order valence-corrected chi connectivity index (χ2v) is 9.21. The smallest absolute Gasteiger partial charge is 0.235 e. The first kappa shape index (κ1) is 22.6. The van der Waals surface area contributed by atoms with Gasteiger partial charge in [-0.1, -0.05) is 31.9 Å². The molecule has 1 aliphatic rings. The van der Waals surface area contributed by atoms with Crippen LogP contribution in [0.5, 0.6) is 5.75 Å². The molecule has 1 amide bonds. The van der Waals surface area contributed by atoms with Crippen LogP contribution in [0.4, 0.5) is 0 Å². The molecule has 0 atom stereocenters. The van der Waals surface area contributed by atoms with Crippen molar-refractivity contribution >= 4 is 15.7 Å². The highest BCUT2D eigenvalue weighted by Crippen LogP contribution is 2.13. The van der Waals surface area contributed by atoms with Crippen LogP contribution in [-0.2, 0) is 25.9 Å². The van der Waals surface area contributed by atoms with Gasteiger partial charge in [0.05, 0.1) is 19.0 Å². The average molecular weight is 413 g/mol. The van der Waals surface area contributed by atoms with Gasteiger partial charge in [0.25, 0.3) is 0 Å². The van der Waals surface area contributed by atoms with E-state index in [1.807, 2.05) is 31.2 Å². The quantitative estimate of drug-likeness (QED) is 0.525. The molecule has 2 rings (SSSR count). The molecule has 1 aromatic rings. The third kappa shape index (κ3) is 9.03. The van der Waals surface area contributed by atoms with E-state index in [1.54, 1.807) is 0 Å². The summed E-state index contributed by atoms with van der Waals surface area (Å²) < 4.78 is 35.0. The Kier molecular flexibility index (Phi) is 9.73.